The molecule has 0 aliphatic carbocycles. The summed E-state index contributed by atoms with van der Waals surface area (Å²) in [6.45, 7) is 3.84. The average molecular weight is 176 g/mol. The second kappa shape index (κ2) is 1.90. The zero-order chi connectivity index (χ0) is 6.15. The minimum atomic E-state index is 0.801. The third kappa shape index (κ3) is 0.777. The molecule has 44 valence electrons. The Hall–Kier alpha value is -0.310. The van der Waals surface area contributed by atoms with Gasteiger partial charge in [0.15, 0.2) is 4.60 Å². The number of aromatic nitrogens is 1. The first-order valence-electron chi connectivity index (χ1n) is 2.30. The van der Waals surface area contributed by atoms with Gasteiger partial charge in [-0.2, -0.15) is 0 Å². The Balaban J connectivity index is 3.19. The molecule has 8 heavy (non-hydrogen) atoms. The molecule has 0 aliphatic heterocycles. The molecule has 0 radical (unpaired) electrons. The Morgan fingerprint density at radius 3 is 2.25 bits per heavy atom. The van der Waals surface area contributed by atoms with E-state index >= 15 is 0 Å². The lowest BCUT2D eigenvalue weighted by molar-refractivity contribution is 0.393. The van der Waals surface area contributed by atoms with E-state index in [0.29, 0.717) is 0 Å². The molecule has 1 rings (SSSR count). The number of halogens is 1. The molecule has 0 atom stereocenters. The van der Waals surface area contributed by atoms with E-state index in [0.717, 1.165) is 15.9 Å². The van der Waals surface area contributed by atoms with Gasteiger partial charge >= 0.3 is 0 Å². The van der Waals surface area contributed by atoms with E-state index in [-0.39, 0.29) is 0 Å². The van der Waals surface area contributed by atoms with Crippen molar-refractivity contribution >= 4 is 15.9 Å². The lowest BCUT2D eigenvalue weighted by atomic mass is 10.3. The van der Waals surface area contributed by atoms with Crippen LogP contribution in [0.15, 0.2) is 9.13 Å². The van der Waals surface area contributed by atoms with E-state index in [9.17, 15) is 0 Å². The van der Waals surface area contributed by atoms with Crippen molar-refractivity contribution in [3.05, 3.63) is 15.9 Å². The Morgan fingerprint density at radius 2 is 2.12 bits per heavy atom. The summed E-state index contributed by atoms with van der Waals surface area (Å²) in [5, 5.41) is 3.66. The molecule has 0 bridgehead atoms. The number of hydrogen-bond donors (Lipinski definition) is 0. The molecule has 0 spiro atoms. The highest BCUT2D eigenvalue weighted by Crippen LogP contribution is 2.16. The zero-order valence-corrected chi connectivity index (χ0v) is 6.32. The van der Waals surface area contributed by atoms with Crippen LogP contribution >= 0.6 is 15.9 Å². The van der Waals surface area contributed by atoms with E-state index < -0.39 is 0 Å². The summed E-state index contributed by atoms with van der Waals surface area (Å²) in [6, 6.07) is 0. The van der Waals surface area contributed by atoms with Crippen molar-refractivity contribution < 1.29 is 4.52 Å². The molecule has 0 aliphatic rings. The topological polar surface area (TPSA) is 26.0 Å². The molecule has 0 saturated heterocycles. The van der Waals surface area contributed by atoms with Crippen LogP contribution in [0.4, 0.5) is 0 Å². The van der Waals surface area contributed by atoms with Crippen LogP contribution in [0.25, 0.3) is 0 Å². The van der Waals surface area contributed by atoms with Gasteiger partial charge in [0.2, 0.25) is 0 Å². The summed E-state index contributed by atoms with van der Waals surface area (Å²) < 4.78 is 5.60. The van der Waals surface area contributed by atoms with E-state index in [2.05, 4.69) is 21.1 Å². The van der Waals surface area contributed by atoms with Gasteiger partial charge < -0.3 is 4.52 Å². The molecule has 0 saturated carbocycles. The van der Waals surface area contributed by atoms with Gasteiger partial charge in [-0.15, -0.1) is 0 Å². The van der Waals surface area contributed by atoms with Crippen LogP contribution < -0.4 is 0 Å². The van der Waals surface area contributed by atoms with Crippen molar-refractivity contribution in [1.29, 1.82) is 0 Å². The minimum absolute atomic E-state index is 0.801. The molecule has 1 aromatic rings. The standard InChI is InChI=1S/C5H6BrNO/c1-3-4(2)8-7-5(3)6/h1-2H3. The first kappa shape index (κ1) is 5.82. The first-order valence-corrected chi connectivity index (χ1v) is 3.09. The average Bonchev–Trinajstić information content (AvgIpc) is 1.98. The summed E-state index contributed by atoms with van der Waals surface area (Å²) >= 11 is 3.21. The van der Waals surface area contributed by atoms with Gasteiger partial charge in [-0.1, -0.05) is 5.16 Å². The maximum Gasteiger partial charge on any atom is 0.152 e. The van der Waals surface area contributed by atoms with Crippen LogP contribution in [0.3, 0.4) is 0 Å². The van der Waals surface area contributed by atoms with Gasteiger partial charge in [-0.25, -0.2) is 0 Å². The van der Waals surface area contributed by atoms with Crippen molar-refractivity contribution in [2.45, 2.75) is 13.8 Å². The Bertz CT molecular complexity index is 175. The molecule has 1 heterocycles. The van der Waals surface area contributed by atoms with E-state index in [1.807, 2.05) is 13.8 Å². The molecule has 0 N–H and O–H groups in total. The van der Waals surface area contributed by atoms with Crippen LogP contribution in [0, 0.1) is 13.8 Å². The smallest absolute Gasteiger partial charge is 0.152 e. The SMILES string of the molecule is Cc1onc(Br)c1C. The van der Waals surface area contributed by atoms with E-state index in [1.165, 1.54) is 0 Å². The number of rotatable bonds is 0. The highest BCUT2D eigenvalue weighted by Gasteiger charge is 2.01. The van der Waals surface area contributed by atoms with Crippen LogP contribution in [0.5, 0.6) is 0 Å². The van der Waals surface area contributed by atoms with Crippen molar-refractivity contribution in [3.8, 4) is 0 Å². The van der Waals surface area contributed by atoms with E-state index in [1.54, 1.807) is 0 Å². The second-order valence-electron chi connectivity index (χ2n) is 1.65. The van der Waals surface area contributed by atoms with Gasteiger partial charge in [0.25, 0.3) is 0 Å². The van der Waals surface area contributed by atoms with Gasteiger partial charge in [0.1, 0.15) is 5.76 Å². The predicted molar refractivity (Wildman–Crippen MR) is 33.7 cm³/mol. The first-order chi connectivity index (χ1) is 3.72. The highest BCUT2D eigenvalue weighted by atomic mass is 79.9. The van der Waals surface area contributed by atoms with Gasteiger partial charge in [-0.3, -0.25) is 0 Å². The third-order valence-electron chi connectivity index (χ3n) is 1.10. The van der Waals surface area contributed by atoms with Crippen LogP contribution in [0.1, 0.15) is 11.3 Å². The van der Waals surface area contributed by atoms with Crippen LogP contribution in [-0.2, 0) is 0 Å². The normalized spacial score (nSPS) is 9.88. The summed E-state index contributed by atoms with van der Waals surface area (Å²) in [7, 11) is 0. The maximum atomic E-state index is 4.80. The third-order valence-corrected chi connectivity index (χ3v) is 1.84. The molecule has 3 heteroatoms. The molecular formula is C5H6BrNO. The molecule has 0 fully saturated rings. The van der Waals surface area contributed by atoms with Gasteiger partial charge in [0.05, 0.1) is 0 Å². The molecular weight excluding hydrogens is 170 g/mol. The molecule has 0 aromatic carbocycles. The monoisotopic (exact) mass is 175 g/mol. The van der Waals surface area contributed by atoms with Gasteiger partial charge in [0, 0.05) is 5.56 Å². The molecule has 0 amide bonds. The lowest BCUT2D eigenvalue weighted by Crippen LogP contribution is -1.67. The molecule has 1 aromatic heterocycles. The minimum Gasteiger partial charge on any atom is -0.360 e. The number of nitrogens with zero attached hydrogens (tertiary/aromatic N) is 1. The van der Waals surface area contributed by atoms with Crippen LogP contribution in [-0.4, -0.2) is 5.16 Å². The largest absolute Gasteiger partial charge is 0.360 e. The van der Waals surface area contributed by atoms with Crippen molar-refractivity contribution in [2.24, 2.45) is 0 Å². The maximum absolute atomic E-state index is 4.80. The van der Waals surface area contributed by atoms with Crippen molar-refractivity contribution in [2.75, 3.05) is 0 Å². The Labute approximate surface area is 56.0 Å². The van der Waals surface area contributed by atoms with E-state index in [4.69, 9.17) is 4.52 Å². The summed E-state index contributed by atoms with van der Waals surface area (Å²) in [4.78, 5) is 0. The Kier molecular flexibility index (Phi) is 1.38. The van der Waals surface area contributed by atoms with Gasteiger partial charge in [-0.05, 0) is 29.8 Å². The fourth-order valence-electron chi connectivity index (χ4n) is 0.391. The summed E-state index contributed by atoms with van der Waals surface area (Å²) in [5.74, 6) is 0.872. The molecule has 0 unspecified atom stereocenters. The summed E-state index contributed by atoms with van der Waals surface area (Å²) in [5.41, 5.74) is 1.07. The lowest BCUT2D eigenvalue weighted by Gasteiger charge is -1.78. The van der Waals surface area contributed by atoms with Crippen molar-refractivity contribution in [1.82, 2.24) is 5.16 Å². The fourth-order valence-corrected chi connectivity index (χ4v) is 0.742. The van der Waals surface area contributed by atoms with Crippen LogP contribution in [0.2, 0.25) is 0 Å². The number of hydrogen-bond acceptors (Lipinski definition) is 2. The predicted octanol–water partition coefficient (Wildman–Crippen LogP) is 2.05. The molecule has 2 nitrogen and oxygen atoms in total. The quantitative estimate of drug-likeness (QED) is 0.604. The second-order valence-corrected chi connectivity index (χ2v) is 2.41. The zero-order valence-electron chi connectivity index (χ0n) is 4.73. The van der Waals surface area contributed by atoms with Crippen molar-refractivity contribution in [3.63, 3.8) is 0 Å². The number of aryl methyl sites for hydroxylation is 1. The highest BCUT2D eigenvalue weighted by molar-refractivity contribution is 9.10. The summed E-state index contributed by atoms with van der Waals surface area (Å²) in [6.07, 6.45) is 0. The fraction of sp³-hybridized carbons (Fsp3) is 0.400. The Morgan fingerprint density at radius 1 is 1.50 bits per heavy atom.